The smallest absolute Gasteiger partial charge is 0.333 e. The van der Waals surface area contributed by atoms with Crippen LogP contribution in [0, 0.1) is 5.82 Å². The number of thiophene rings is 1. The van der Waals surface area contributed by atoms with Crippen LogP contribution < -0.4 is 21.7 Å². The fourth-order valence-corrected chi connectivity index (χ4v) is 5.71. The minimum absolute atomic E-state index is 0.0134. The largest absolute Gasteiger partial charge is 0.399 e. The zero-order valence-corrected chi connectivity index (χ0v) is 19.2. The molecule has 0 saturated carbocycles. The van der Waals surface area contributed by atoms with Gasteiger partial charge in [0, 0.05) is 16.8 Å². The van der Waals surface area contributed by atoms with Crippen molar-refractivity contribution in [3.05, 3.63) is 84.6 Å². The molecule has 0 aliphatic carbocycles. The van der Waals surface area contributed by atoms with Crippen LogP contribution in [0.15, 0.2) is 56.3 Å². The van der Waals surface area contributed by atoms with E-state index in [0.29, 0.717) is 22.0 Å². The number of fused-ring (bicyclic) bond motifs is 1. The average molecular weight is 527 g/mol. The number of sulfonamides is 1. The zero-order valence-electron chi connectivity index (χ0n) is 16.8. The maximum atomic E-state index is 15.1. The molecule has 0 bridgehead atoms. The molecule has 2 heterocycles. The molecule has 0 saturated heterocycles. The van der Waals surface area contributed by atoms with E-state index in [1.807, 2.05) is 0 Å². The van der Waals surface area contributed by atoms with Gasteiger partial charge >= 0.3 is 5.69 Å². The van der Waals surface area contributed by atoms with Crippen LogP contribution in [0.2, 0.25) is 4.34 Å². The van der Waals surface area contributed by atoms with Crippen LogP contribution in [-0.4, -0.2) is 23.9 Å². The second-order valence-electron chi connectivity index (χ2n) is 6.97. The van der Waals surface area contributed by atoms with Gasteiger partial charge in [-0.3, -0.25) is 9.59 Å². The van der Waals surface area contributed by atoms with Crippen molar-refractivity contribution < 1.29 is 22.0 Å². The van der Waals surface area contributed by atoms with Crippen LogP contribution in [0.1, 0.15) is 15.9 Å². The van der Waals surface area contributed by atoms with Gasteiger partial charge in [0.15, 0.2) is 0 Å². The Hall–Kier alpha value is -3.55. The second-order valence-corrected chi connectivity index (χ2v) is 10.6. The highest BCUT2D eigenvalue weighted by Crippen LogP contribution is 2.26. The molecule has 0 aliphatic heterocycles. The standard InChI is InChI=1S/C20H13ClF2N4O5S2/c21-15-3-4-16(33-15)34(31,32)26-18(28)9-5-10(8-22)17(13(23)6-9)27-19(29)12-2-1-11(24)7-14(12)25-20(27)30/h1-7H,8,24H2,(H,25,30)(H,26,28). The third-order valence-corrected chi connectivity index (χ3v) is 7.79. The minimum atomic E-state index is -4.32. The number of halogens is 3. The molecular formula is C20H13ClF2N4O5S2. The molecule has 9 nitrogen and oxygen atoms in total. The van der Waals surface area contributed by atoms with Crippen molar-refractivity contribution in [2.75, 3.05) is 5.73 Å². The number of amides is 1. The number of nitrogens with one attached hydrogen (secondary N) is 2. The molecule has 34 heavy (non-hydrogen) atoms. The number of hydrogen-bond acceptors (Lipinski definition) is 7. The van der Waals surface area contributed by atoms with Crippen LogP contribution in [0.25, 0.3) is 16.6 Å². The quantitative estimate of drug-likeness (QED) is 0.341. The van der Waals surface area contributed by atoms with E-state index >= 15 is 4.39 Å². The number of hydrogen-bond donors (Lipinski definition) is 3. The van der Waals surface area contributed by atoms with Crippen LogP contribution in [0.5, 0.6) is 0 Å². The van der Waals surface area contributed by atoms with Crippen molar-refractivity contribution in [2.24, 2.45) is 0 Å². The number of aromatic amines is 1. The van der Waals surface area contributed by atoms with Gasteiger partial charge in [0.05, 0.1) is 20.9 Å². The first-order valence-corrected chi connectivity index (χ1v) is 12.0. The number of rotatable bonds is 5. The highest BCUT2D eigenvalue weighted by atomic mass is 35.5. The summed E-state index contributed by atoms with van der Waals surface area (Å²) >= 11 is 6.41. The Bertz CT molecular complexity index is 1700. The summed E-state index contributed by atoms with van der Waals surface area (Å²) in [5.74, 6) is -2.54. The summed E-state index contributed by atoms with van der Waals surface area (Å²) in [5.41, 5.74) is 2.23. The second kappa shape index (κ2) is 8.66. The molecular weight excluding hydrogens is 514 g/mol. The molecule has 4 aromatic rings. The molecule has 0 radical (unpaired) electrons. The maximum Gasteiger partial charge on any atom is 0.333 e. The summed E-state index contributed by atoms with van der Waals surface area (Å²) in [5, 5.41) is -0.0134. The van der Waals surface area contributed by atoms with Gasteiger partial charge in [0.1, 0.15) is 16.7 Å². The SMILES string of the molecule is Nc1ccc2c(=O)n(-c3c(F)cc(C(=O)NS(=O)(=O)c4ccc(Cl)s4)cc3CF)c(=O)[nH]c2c1. The first-order chi connectivity index (χ1) is 16.0. The van der Waals surface area contributed by atoms with Crippen molar-refractivity contribution in [3.63, 3.8) is 0 Å². The monoisotopic (exact) mass is 526 g/mol. The molecule has 2 aromatic heterocycles. The molecule has 4 N–H and O–H groups in total. The Morgan fingerprint density at radius 3 is 2.56 bits per heavy atom. The number of benzene rings is 2. The minimum Gasteiger partial charge on any atom is -0.399 e. The van der Waals surface area contributed by atoms with Gasteiger partial charge in [0.25, 0.3) is 21.5 Å². The van der Waals surface area contributed by atoms with Crippen LogP contribution in [0.4, 0.5) is 14.5 Å². The summed E-state index contributed by atoms with van der Waals surface area (Å²) in [6, 6.07) is 7.98. The summed E-state index contributed by atoms with van der Waals surface area (Å²) in [6.07, 6.45) is 0. The Morgan fingerprint density at radius 1 is 1.18 bits per heavy atom. The lowest BCUT2D eigenvalue weighted by Crippen LogP contribution is -2.35. The summed E-state index contributed by atoms with van der Waals surface area (Å²) in [6.45, 7) is -1.37. The lowest BCUT2D eigenvalue weighted by atomic mass is 10.1. The van der Waals surface area contributed by atoms with E-state index in [9.17, 15) is 27.2 Å². The third kappa shape index (κ3) is 4.20. The van der Waals surface area contributed by atoms with Gasteiger partial charge < -0.3 is 10.7 Å². The van der Waals surface area contributed by atoms with E-state index in [-0.39, 0.29) is 25.1 Å². The lowest BCUT2D eigenvalue weighted by molar-refractivity contribution is 0.0981. The number of carbonyl (C=O) groups excluding carboxylic acids is 1. The Morgan fingerprint density at radius 2 is 1.91 bits per heavy atom. The third-order valence-electron chi connectivity index (χ3n) is 4.73. The number of carbonyl (C=O) groups is 1. The lowest BCUT2D eigenvalue weighted by Gasteiger charge is -2.13. The predicted octanol–water partition coefficient (Wildman–Crippen LogP) is 2.70. The molecule has 14 heteroatoms. The number of nitrogens with zero attached hydrogens (tertiary/aromatic N) is 1. The topological polar surface area (TPSA) is 144 Å². The molecule has 0 fully saturated rings. The van der Waals surface area contributed by atoms with Crippen LogP contribution >= 0.6 is 22.9 Å². The molecule has 0 unspecified atom stereocenters. The van der Waals surface area contributed by atoms with E-state index in [1.165, 1.54) is 30.3 Å². The maximum absolute atomic E-state index is 15.1. The van der Waals surface area contributed by atoms with E-state index in [2.05, 4.69) is 4.98 Å². The average Bonchev–Trinajstić information content (AvgIpc) is 3.21. The van der Waals surface area contributed by atoms with E-state index in [4.69, 9.17) is 17.3 Å². The first-order valence-electron chi connectivity index (χ1n) is 9.27. The Kier molecular flexibility index (Phi) is 6.02. The van der Waals surface area contributed by atoms with Gasteiger partial charge in [-0.2, -0.15) is 0 Å². The molecule has 1 amide bonds. The van der Waals surface area contributed by atoms with E-state index < -0.39 is 56.5 Å². The predicted molar refractivity (Wildman–Crippen MR) is 123 cm³/mol. The van der Waals surface area contributed by atoms with Crippen LogP contribution in [-0.2, 0) is 16.7 Å². The fraction of sp³-hybridized carbons (Fsp3) is 0.0500. The Balaban J connectivity index is 1.81. The highest BCUT2D eigenvalue weighted by molar-refractivity contribution is 7.92. The first kappa shape index (κ1) is 23.6. The summed E-state index contributed by atoms with van der Waals surface area (Å²) in [7, 11) is -4.32. The van der Waals surface area contributed by atoms with Crippen molar-refractivity contribution in [3.8, 4) is 5.69 Å². The van der Waals surface area contributed by atoms with E-state index in [0.717, 1.165) is 6.07 Å². The summed E-state index contributed by atoms with van der Waals surface area (Å²) in [4.78, 5) is 40.3. The van der Waals surface area contributed by atoms with Gasteiger partial charge in [-0.1, -0.05) is 11.6 Å². The normalized spacial score (nSPS) is 11.6. The molecule has 2 aromatic carbocycles. The summed E-state index contributed by atoms with van der Waals surface area (Å²) < 4.78 is 55.7. The number of nitrogen functional groups attached to an aromatic ring is 1. The van der Waals surface area contributed by atoms with Gasteiger partial charge in [0.2, 0.25) is 0 Å². The van der Waals surface area contributed by atoms with Crippen molar-refractivity contribution >= 4 is 55.5 Å². The van der Waals surface area contributed by atoms with Crippen molar-refractivity contribution in [1.82, 2.24) is 14.3 Å². The number of nitrogens with two attached hydrogens (primary N) is 1. The molecule has 4 rings (SSSR count). The molecule has 0 atom stereocenters. The number of alkyl halides is 1. The fourth-order valence-electron chi connectivity index (χ4n) is 3.25. The zero-order chi connectivity index (χ0) is 24.8. The van der Waals surface area contributed by atoms with Crippen molar-refractivity contribution in [2.45, 2.75) is 10.9 Å². The highest BCUT2D eigenvalue weighted by Gasteiger charge is 2.24. The van der Waals surface area contributed by atoms with Gasteiger partial charge in [-0.25, -0.2) is 31.3 Å². The molecule has 0 spiro atoms. The Labute approximate surface area is 198 Å². The number of H-pyrrole nitrogens is 1. The molecule has 176 valence electrons. The number of aromatic nitrogens is 2. The van der Waals surface area contributed by atoms with Gasteiger partial charge in [-0.05, 0) is 42.5 Å². The molecule has 0 aliphatic rings. The van der Waals surface area contributed by atoms with Crippen LogP contribution in [0.3, 0.4) is 0 Å². The number of anilines is 1. The van der Waals surface area contributed by atoms with E-state index in [1.54, 1.807) is 4.72 Å². The van der Waals surface area contributed by atoms with Gasteiger partial charge in [-0.15, -0.1) is 11.3 Å². The van der Waals surface area contributed by atoms with Crippen molar-refractivity contribution in [1.29, 1.82) is 0 Å².